The third kappa shape index (κ3) is 4.44. The third-order valence-corrected chi connectivity index (χ3v) is 4.63. The predicted octanol–water partition coefficient (Wildman–Crippen LogP) is 3.34. The summed E-state index contributed by atoms with van der Waals surface area (Å²) in [6, 6.07) is 4.59. The van der Waals surface area contributed by atoms with Crippen molar-refractivity contribution in [3.8, 4) is 0 Å². The van der Waals surface area contributed by atoms with Gasteiger partial charge in [0.2, 0.25) is 0 Å². The Balaban J connectivity index is 1.61. The van der Waals surface area contributed by atoms with Gasteiger partial charge in [-0.15, -0.1) is 0 Å². The van der Waals surface area contributed by atoms with Gasteiger partial charge in [-0.1, -0.05) is 20.8 Å². The lowest BCUT2D eigenvalue weighted by Crippen LogP contribution is -2.39. The van der Waals surface area contributed by atoms with Crippen LogP contribution in [-0.2, 0) is 6.42 Å². The molecule has 0 atom stereocenters. The zero-order chi connectivity index (χ0) is 17.8. The van der Waals surface area contributed by atoms with Gasteiger partial charge in [0.1, 0.15) is 23.8 Å². The first-order valence-electron chi connectivity index (χ1n) is 9.23. The summed E-state index contributed by atoms with van der Waals surface area (Å²) in [5, 5.41) is 3.60. The van der Waals surface area contributed by atoms with Gasteiger partial charge in [-0.25, -0.2) is 19.9 Å². The van der Waals surface area contributed by atoms with E-state index in [1.807, 2.05) is 13.0 Å². The predicted molar refractivity (Wildman–Crippen MR) is 101 cm³/mol. The van der Waals surface area contributed by atoms with Crippen molar-refractivity contribution >= 4 is 11.6 Å². The molecule has 3 heterocycles. The average molecular weight is 340 g/mol. The zero-order valence-corrected chi connectivity index (χ0v) is 15.7. The van der Waals surface area contributed by atoms with Crippen LogP contribution in [0.4, 0.5) is 11.6 Å². The second-order valence-corrected chi connectivity index (χ2v) is 7.03. The van der Waals surface area contributed by atoms with E-state index in [9.17, 15) is 0 Å². The Labute approximate surface area is 150 Å². The first-order valence-corrected chi connectivity index (χ1v) is 9.23. The molecule has 1 fully saturated rings. The number of anilines is 2. The molecule has 25 heavy (non-hydrogen) atoms. The van der Waals surface area contributed by atoms with Crippen molar-refractivity contribution in [2.75, 3.05) is 23.3 Å². The summed E-state index contributed by atoms with van der Waals surface area (Å²) < 4.78 is 0. The van der Waals surface area contributed by atoms with Crippen molar-refractivity contribution in [3.05, 3.63) is 35.7 Å². The third-order valence-electron chi connectivity index (χ3n) is 4.63. The highest BCUT2D eigenvalue weighted by atomic mass is 15.2. The van der Waals surface area contributed by atoms with E-state index in [4.69, 9.17) is 0 Å². The van der Waals surface area contributed by atoms with E-state index in [0.29, 0.717) is 12.0 Å². The molecule has 0 radical (unpaired) electrons. The van der Waals surface area contributed by atoms with Crippen molar-refractivity contribution in [1.82, 2.24) is 19.9 Å². The molecule has 1 N–H and O–H groups in total. The molecule has 0 amide bonds. The van der Waals surface area contributed by atoms with Crippen LogP contribution >= 0.6 is 0 Å². The van der Waals surface area contributed by atoms with Gasteiger partial charge in [-0.05, 0) is 26.2 Å². The molecule has 2 aromatic rings. The Morgan fingerprint density at radius 1 is 1.16 bits per heavy atom. The minimum absolute atomic E-state index is 0.341. The van der Waals surface area contributed by atoms with Crippen LogP contribution in [0.5, 0.6) is 0 Å². The molecule has 0 bridgehead atoms. The largest absolute Gasteiger partial charge is 0.367 e. The summed E-state index contributed by atoms with van der Waals surface area (Å²) in [4.78, 5) is 20.3. The maximum Gasteiger partial charge on any atom is 0.133 e. The molecule has 0 aromatic carbocycles. The summed E-state index contributed by atoms with van der Waals surface area (Å²) in [7, 11) is 0. The molecule has 6 nitrogen and oxygen atoms in total. The van der Waals surface area contributed by atoms with Gasteiger partial charge >= 0.3 is 0 Å². The first-order chi connectivity index (χ1) is 12.0. The monoisotopic (exact) mass is 340 g/mol. The highest BCUT2D eigenvalue weighted by Gasteiger charge is 2.21. The van der Waals surface area contributed by atoms with Crippen LogP contribution in [0.15, 0.2) is 18.5 Å². The number of aryl methyl sites for hydroxylation is 2. The number of hydrogen-bond acceptors (Lipinski definition) is 6. The van der Waals surface area contributed by atoms with Gasteiger partial charge in [0, 0.05) is 48.6 Å². The molecule has 1 aliphatic heterocycles. The Kier molecular flexibility index (Phi) is 5.46. The molecule has 0 saturated carbocycles. The smallest absolute Gasteiger partial charge is 0.133 e. The van der Waals surface area contributed by atoms with Gasteiger partial charge in [0.25, 0.3) is 0 Å². The van der Waals surface area contributed by atoms with Crippen LogP contribution in [0, 0.1) is 6.92 Å². The Bertz CT molecular complexity index is 707. The van der Waals surface area contributed by atoms with Crippen molar-refractivity contribution < 1.29 is 0 Å². The van der Waals surface area contributed by atoms with E-state index < -0.39 is 0 Å². The second-order valence-electron chi connectivity index (χ2n) is 7.03. The van der Waals surface area contributed by atoms with Crippen LogP contribution in [-0.4, -0.2) is 39.1 Å². The number of nitrogens with zero attached hydrogens (tertiary/aromatic N) is 5. The van der Waals surface area contributed by atoms with Gasteiger partial charge in [-0.2, -0.15) is 0 Å². The number of nitrogens with one attached hydrogen (secondary N) is 1. The fourth-order valence-corrected chi connectivity index (χ4v) is 3.14. The van der Waals surface area contributed by atoms with E-state index in [-0.39, 0.29) is 0 Å². The molecule has 1 aliphatic rings. The quantitative estimate of drug-likeness (QED) is 0.900. The maximum atomic E-state index is 4.67. The van der Waals surface area contributed by atoms with E-state index in [1.165, 1.54) is 0 Å². The van der Waals surface area contributed by atoms with Crippen molar-refractivity contribution in [2.24, 2.45) is 0 Å². The fraction of sp³-hybridized carbons (Fsp3) is 0.579. The maximum absolute atomic E-state index is 4.67. The molecule has 3 rings (SSSR count). The Morgan fingerprint density at radius 2 is 1.92 bits per heavy atom. The summed E-state index contributed by atoms with van der Waals surface area (Å²) in [6.07, 6.45) is 4.77. The molecule has 134 valence electrons. The lowest BCUT2D eigenvalue weighted by molar-refractivity contribution is 0.521. The lowest BCUT2D eigenvalue weighted by atomic mass is 10.0. The standard InChI is InChI=1S/C19H28N6/c1-5-15-11-18(21-12-20-15)25-8-6-16(7-9-25)23-17-10-14(4)22-19(24-17)13(2)3/h10-13,16H,5-9H2,1-4H3,(H,22,23,24). The van der Waals surface area contributed by atoms with Gasteiger partial charge in [0.05, 0.1) is 0 Å². The van der Waals surface area contributed by atoms with E-state index in [1.54, 1.807) is 6.33 Å². The average Bonchev–Trinajstić information content (AvgIpc) is 2.62. The van der Waals surface area contributed by atoms with Crippen molar-refractivity contribution in [3.63, 3.8) is 0 Å². The van der Waals surface area contributed by atoms with Crippen LogP contribution in [0.2, 0.25) is 0 Å². The van der Waals surface area contributed by atoms with E-state index in [0.717, 1.165) is 61.2 Å². The van der Waals surface area contributed by atoms with Gasteiger partial charge < -0.3 is 10.2 Å². The molecule has 2 aromatic heterocycles. The summed E-state index contributed by atoms with van der Waals surface area (Å²) in [6.45, 7) is 10.4. The summed E-state index contributed by atoms with van der Waals surface area (Å²) >= 11 is 0. The molecule has 1 saturated heterocycles. The van der Waals surface area contributed by atoms with Crippen LogP contribution in [0.3, 0.4) is 0 Å². The molecular formula is C19H28N6. The SMILES string of the molecule is CCc1cc(N2CCC(Nc3cc(C)nc(C(C)C)n3)CC2)ncn1. The van der Waals surface area contributed by atoms with Gasteiger partial charge in [-0.3, -0.25) is 0 Å². The second kappa shape index (κ2) is 7.76. The van der Waals surface area contributed by atoms with Gasteiger partial charge in [0.15, 0.2) is 0 Å². The minimum atomic E-state index is 0.341. The normalized spacial score (nSPS) is 15.6. The highest BCUT2D eigenvalue weighted by molar-refractivity contribution is 5.41. The van der Waals surface area contributed by atoms with Crippen LogP contribution in [0.1, 0.15) is 56.7 Å². The summed E-state index contributed by atoms with van der Waals surface area (Å²) in [5.41, 5.74) is 2.12. The summed E-state index contributed by atoms with van der Waals surface area (Å²) in [5.74, 6) is 3.25. The Morgan fingerprint density at radius 3 is 2.60 bits per heavy atom. The number of aromatic nitrogens is 4. The number of hydrogen-bond donors (Lipinski definition) is 1. The molecule has 0 unspecified atom stereocenters. The fourth-order valence-electron chi connectivity index (χ4n) is 3.14. The topological polar surface area (TPSA) is 66.8 Å². The molecule has 6 heteroatoms. The van der Waals surface area contributed by atoms with Crippen molar-refractivity contribution in [1.29, 1.82) is 0 Å². The number of piperidine rings is 1. The number of rotatable bonds is 5. The molecule has 0 aliphatic carbocycles. The van der Waals surface area contributed by atoms with E-state index >= 15 is 0 Å². The van der Waals surface area contributed by atoms with Crippen LogP contribution < -0.4 is 10.2 Å². The zero-order valence-electron chi connectivity index (χ0n) is 15.7. The lowest BCUT2D eigenvalue weighted by Gasteiger charge is -2.33. The van der Waals surface area contributed by atoms with E-state index in [2.05, 4.69) is 57.0 Å². The minimum Gasteiger partial charge on any atom is -0.367 e. The Hall–Kier alpha value is -2.24. The molecule has 0 spiro atoms. The molecular weight excluding hydrogens is 312 g/mol. The first kappa shape index (κ1) is 17.6. The van der Waals surface area contributed by atoms with Crippen LogP contribution in [0.25, 0.3) is 0 Å². The van der Waals surface area contributed by atoms with Crippen molar-refractivity contribution in [2.45, 2.75) is 58.9 Å². The highest BCUT2D eigenvalue weighted by Crippen LogP contribution is 2.21.